The van der Waals surface area contributed by atoms with Gasteiger partial charge in [-0.15, -0.1) is 0 Å². The minimum atomic E-state index is -3.05. The molecular formula is C19H23NO4S. The average Bonchev–Trinajstić information content (AvgIpc) is 2.85. The van der Waals surface area contributed by atoms with Crippen LogP contribution in [-0.2, 0) is 14.6 Å². The van der Waals surface area contributed by atoms with Crippen LogP contribution in [0.25, 0.3) is 10.8 Å². The molecule has 0 spiro atoms. The fourth-order valence-electron chi connectivity index (χ4n) is 3.30. The summed E-state index contributed by atoms with van der Waals surface area (Å²) in [5.74, 6) is 0.437. The van der Waals surface area contributed by atoms with Crippen molar-refractivity contribution >= 4 is 26.5 Å². The van der Waals surface area contributed by atoms with E-state index in [0.717, 1.165) is 22.1 Å². The van der Waals surface area contributed by atoms with E-state index in [1.165, 1.54) is 0 Å². The highest BCUT2D eigenvalue weighted by Crippen LogP contribution is 2.27. The van der Waals surface area contributed by atoms with Crippen LogP contribution in [0.4, 0.5) is 0 Å². The van der Waals surface area contributed by atoms with Gasteiger partial charge in [-0.2, -0.15) is 0 Å². The summed E-state index contributed by atoms with van der Waals surface area (Å²) in [7, 11) is -1.42. The van der Waals surface area contributed by atoms with Crippen LogP contribution in [0.2, 0.25) is 0 Å². The lowest BCUT2D eigenvalue weighted by Gasteiger charge is -2.26. The Balaban J connectivity index is 1.79. The Hall–Kier alpha value is -2.08. The first-order valence-corrected chi connectivity index (χ1v) is 10.1. The molecule has 1 N–H and O–H groups in total. The smallest absolute Gasteiger partial charge is 0.227 e. The molecular weight excluding hydrogens is 338 g/mol. The molecule has 0 aliphatic carbocycles. The van der Waals surface area contributed by atoms with Gasteiger partial charge in [0.25, 0.3) is 0 Å². The number of fused-ring (bicyclic) bond motifs is 1. The largest absolute Gasteiger partial charge is 0.497 e. The van der Waals surface area contributed by atoms with Gasteiger partial charge in [0.15, 0.2) is 9.84 Å². The second-order valence-electron chi connectivity index (χ2n) is 7.09. The van der Waals surface area contributed by atoms with Gasteiger partial charge < -0.3 is 10.1 Å². The van der Waals surface area contributed by atoms with Crippen molar-refractivity contribution < 1.29 is 17.9 Å². The number of hydrogen-bond acceptors (Lipinski definition) is 4. The molecule has 2 aromatic carbocycles. The normalized spacial score (nSPS) is 23.3. The van der Waals surface area contributed by atoms with Crippen molar-refractivity contribution in [2.45, 2.75) is 31.7 Å². The van der Waals surface area contributed by atoms with E-state index in [2.05, 4.69) is 5.32 Å². The third-order valence-electron chi connectivity index (χ3n) is 4.89. The standard InChI is InChI=1S/C19H23NO4S/c1-13(18(21)20-19(2)8-9-25(22,23)12-19)14-4-5-16-11-17(24-3)7-6-15(16)10-14/h4-7,10-11,13H,8-9,12H2,1-3H3,(H,20,21)/t13-,19-/m0/s1. The van der Waals surface area contributed by atoms with Crippen LogP contribution < -0.4 is 10.1 Å². The lowest BCUT2D eigenvalue weighted by Crippen LogP contribution is -2.48. The number of ether oxygens (including phenoxy) is 1. The molecule has 1 heterocycles. The monoisotopic (exact) mass is 361 g/mol. The molecule has 0 radical (unpaired) electrons. The summed E-state index contributed by atoms with van der Waals surface area (Å²) in [5.41, 5.74) is 0.230. The first-order valence-electron chi connectivity index (χ1n) is 8.32. The fourth-order valence-corrected chi connectivity index (χ4v) is 5.40. The minimum Gasteiger partial charge on any atom is -0.497 e. The topological polar surface area (TPSA) is 72.5 Å². The van der Waals surface area contributed by atoms with Crippen LogP contribution in [0.5, 0.6) is 5.75 Å². The van der Waals surface area contributed by atoms with Gasteiger partial charge in [0.05, 0.1) is 30.1 Å². The van der Waals surface area contributed by atoms with Gasteiger partial charge in [0, 0.05) is 0 Å². The van der Waals surface area contributed by atoms with Gasteiger partial charge in [-0.3, -0.25) is 4.79 Å². The van der Waals surface area contributed by atoms with Crippen LogP contribution in [-0.4, -0.2) is 38.5 Å². The molecule has 2 atom stereocenters. The maximum atomic E-state index is 12.6. The van der Waals surface area contributed by atoms with Gasteiger partial charge in [0.2, 0.25) is 5.91 Å². The zero-order valence-electron chi connectivity index (χ0n) is 14.7. The van der Waals surface area contributed by atoms with Crippen LogP contribution in [0.1, 0.15) is 31.7 Å². The summed E-state index contributed by atoms with van der Waals surface area (Å²) < 4.78 is 28.6. The quantitative estimate of drug-likeness (QED) is 0.909. The number of rotatable bonds is 4. The van der Waals surface area contributed by atoms with E-state index in [1.54, 1.807) is 14.0 Å². The van der Waals surface area contributed by atoms with E-state index < -0.39 is 15.4 Å². The second kappa shape index (κ2) is 6.33. The van der Waals surface area contributed by atoms with E-state index in [9.17, 15) is 13.2 Å². The van der Waals surface area contributed by atoms with Crippen LogP contribution >= 0.6 is 0 Å². The lowest BCUT2D eigenvalue weighted by atomic mass is 9.94. The Morgan fingerprint density at radius 3 is 2.52 bits per heavy atom. The molecule has 6 heteroatoms. The molecule has 1 fully saturated rings. The molecule has 0 saturated carbocycles. The SMILES string of the molecule is COc1ccc2cc([C@H](C)C(=O)N[C@@]3(C)CCS(=O)(=O)C3)ccc2c1. The Morgan fingerprint density at radius 2 is 1.88 bits per heavy atom. The first kappa shape index (κ1) is 17.7. The Bertz CT molecular complexity index is 922. The number of methoxy groups -OCH3 is 1. The van der Waals surface area contributed by atoms with E-state index in [1.807, 2.05) is 43.3 Å². The van der Waals surface area contributed by atoms with E-state index >= 15 is 0 Å². The molecule has 134 valence electrons. The van der Waals surface area contributed by atoms with Crippen molar-refractivity contribution in [3.05, 3.63) is 42.0 Å². The van der Waals surface area contributed by atoms with Gasteiger partial charge >= 0.3 is 0 Å². The summed E-state index contributed by atoms with van der Waals surface area (Å²) in [4.78, 5) is 12.6. The zero-order valence-corrected chi connectivity index (χ0v) is 15.5. The molecule has 3 rings (SSSR count). The summed E-state index contributed by atoms with van der Waals surface area (Å²) in [6, 6.07) is 11.7. The van der Waals surface area contributed by atoms with Crippen LogP contribution in [0, 0.1) is 0 Å². The minimum absolute atomic E-state index is 0.00990. The molecule has 2 aromatic rings. The third-order valence-corrected chi connectivity index (χ3v) is 6.80. The maximum absolute atomic E-state index is 12.6. The highest BCUT2D eigenvalue weighted by Gasteiger charge is 2.40. The molecule has 0 unspecified atom stereocenters. The number of carbonyl (C=O) groups excluding carboxylic acids is 1. The zero-order chi connectivity index (χ0) is 18.2. The number of amides is 1. The number of benzene rings is 2. The molecule has 25 heavy (non-hydrogen) atoms. The maximum Gasteiger partial charge on any atom is 0.227 e. The van der Waals surface area contributed by atoms with Crippen molar-refractivity contribution in [2.75, 3.05) is 18.6 Å². The average molecular weight is 361 g/mol. The fraction of sp³-hybridized carbons (Fsp3) is 0.421. The van der Waals surface area contributed by atoms with Gasteiger partial charge in [0.1, 0.15) is 5.75 Å². The van der Waals surface area contributed by atoms with Crippen molar-refractivity contribution in [2.24, 2.45) is 0 Å². The predicted molar refractivity (Wildman–Crippen MR) is 98.7 cm³/mol. The van der Waals surface area contributed by atoms with E-state index in [-0.39, 0.29) is 23.3 Å². The van der Waals surface area contributed by atoms with Gasteiger partial charge in [-0.1, -0.05) is 24.3 Å². The molecule has 0 aromatic heterocycles. The summed E-state index contributed by atoms with van der Waals surface area (Å²) >= 11 is 0. The Labute approximate surface area is 148 Å². The number of sulfone groups is 1. The Kier molecular flexibility index (Phi) is 4.49. The number of hydrogen-bond donors (Lipinski definition) is 1. The highest BCUT2D eigenvalue weighted by molar-refractivity contribution is 7.91. The van der Waals surface area contributed by atoms with Crippen LogP contribution in [0.15, 0.2) is 36.4 Å². The van der Waals surface area contributed by atoms with Crippen molar-refractivity contribution in [3.8, 4) is 5.75 Å². The van der Waals surface area contributed by atoms with Crippen molar-refractivity contribution in [1.29, 1.82) is 0 Å². The van der Waals surface area contributed by atoms with E-state index in [0.29, 0.717) is 6.42 Å². The van der Waals surface area contributed by atoms with Crippen molar-refractivity contribution in [1.82, 2.24) is 5.32 Å². The predicted octanol–water partition coefficient (Wildman–Crippen LogP) is 2.65. The molecule has 0 bridgehead atoms. The molecule has 1 saturated heterocycles. The first-order chi connectivity index (χ1) is 11.7. The number of carbonyl (C=O) groups is 1. The Morgan fingerprint density at radius 1 is 1.20 bits per heavy atom. The van der Waals surface area contributed by atoms with Gasteiger partial charge in [-0.25, -0.2) is 8.42 Å². The second-order valence-corrected chi connectivity index (χ2v) is 9.27. The van der Waals surface area contributed by atoms with Crippen molar-refractivity contribution in [3.63, 3.8) is 0 Å². The molecule has 1 amide bonds. The molecule has 1 aliphatic heterocycles. The lowest BCUT2D eigenvalue weighted by molar-refractivity contribution is -0.123. The van der Waals surface area contributed by atoms with E-state index in [4.69, 9.17) is 4.74 Å². The molecule has 5 nitrogen and oxygen atoms in total. The third kappa shape index (κ3) is 3.79. The summed E-state index contributed by atoms with van der Waals surface area (Å²) in [6.07, 6.45) is 0.464. The summed E-state index contributed by atoms with van der Waals surface area (Å²) in [6.45, 7) is 3.64. The molecule has 1 aliphatic rings. The van der Waals surface area contributed by atoms with Crippen LogP contribution in [0.3, 0.4) is 0 Å². The highest BCUT2D eigenvalue weighted by atomic mass is 32.2. The number of nitrogens with one attached hydrogen (secondary N) is 1. The summed E-state index contributed by atoms with van der Waals surface area (Å²) in [5, 5.41) is 5.02. The van der Waals surface area contributed by atoms with Gasteiger partial charge in [-0.05, 0) is 48.7 Å².